The summed E-state index contributed by atoms with van der Waals surface area (Å²) < 4.78 is 5.37. The average molecular weight is 242 g/mol. The van der Waals surface area contributed by atoms with Crippen LogP contribution in [0.25, 0.3) is 0 Å². The van der Waals surface area contributed by atoms with E-state index in [2.05, 4.69) is 13.8 Å². The molecule has 2 nitrogen and oxygen atoms in total. The summed E-state index contributed by atoms with van der Waals surface area (Å²) in [5.41, 5.74) is 0.606. The molecule has 0 heterocycles. The minimum Gasteiger partial charge on any atom is -0.394 e. The van der Waals surface area contributed by atoms with Crippen molar-refractivity contribution >= 4 is 0 Å². The molecule has 0 saturated heterocycles. The molecule has 0 aliphatic heterocycles. The molecule has 102 valence electrons. The number of aliphatic hydroxyl groups excluding tert-OH is 1. The Balaban J connectivity index is 2.30. The highest BCUT2D eigenvalue weighted by molar-refractivity contribution is 4.83. The highest BCUT2D eigenvalue weighted by Gasteiger charge is 2.31. The van der Waals surface area contributed by atoms with E-state index in [0.717, 1.165) is 18.9 Å². The molecule has 1 aliphatic carbocycles. The zero-order valence-corrected chi connectivity index (χ0v) is 11.7. The van der Waals surface area contributed by atoms with Crippen LogP contribution in [-0.4, -0.2) is 24.9 Å². The van der Waals surface area contributed by atoms with Gasteiger partial charge in [-0.15, -0.1) is 0 Å². The standard InChI is InChI=1S/C15H30O2/c1-14(2)13-15(7-4-3-5-8-15)9-6-11-17-12-10-16/h14,16H,3-13H2,1-2H3. The van der Waals surface area contributed by atoms with Crippen molar-refractivity contribution in [1.82, 2.24) is 0 Å². The Kier molecular flexibility index (Phi) is 7.14. The predicted octanol–water partition coefficient (Wildman–Crippen LogP) is 3.77. The van der Waals surface area contributed by atoms with Gasteiger partial charge in [0.25, 0.3) is 0 Å². The molecule has 0 aromatic carbocycles. The molecule has 0 atom stereocenters. The van der Waals surface area contributed by atoms with Gasteiger partial charge in [-0.05, 0) is 43.4 Å². The quantitative estimate of drug-likeness (QED) is 0.656. The van der Waals surface area contributed by atoms with Crippen molar-refractivity contribution in [2.45, 2.75) is 65.2 Å². The molecule has 1 fully saturated rings. The lowest BCUT2D eigenvalue weighted by Crippen LogP contribution is -2.26. The summed E-state index contributed by atoms with van der Waals surface area (Å²) in [5.74, 6) is 0.812. The molecule has 0 bridgehead atoms. The van der Waals surface area contributed by atoms with Gasteiger partial charge in [0.15, 0.2) is 0 Å². The second kappa shape index (κ2) is 8.10. The van der Waals surface area contributed by atoms with Crippen molar-refractivity contribution in [3.8, 4) is 0 Å². The third kappa shape index (κ3) is 5.87. The van der Waals surface area contributed by atoms with Crippen LogP contribution in [0.2, 0.25) is 0 Å². The fourth-order valence-electron chi connectivity index (χ4n) is 3.44. The van der Waals surface area contributed by atoms with Gasteiger partial charge in [0.1, 0.15) is 0 Å². The molecule has 2 heteroatoms. The average Bonchev–Trinajstić information content (AvgIpc) is 2.29. The van der Waals surface area contributed by atoms with Crippen LogP contribution in [0.15, 0.2) is 0 Å². The normalized spacial score (nSPS) is 19.8. The lowest BCUT2D eigenvalue weighted by atomic mass is 9.67. The van der Waals surface area contributed by atoms with Gasteiger partial charge in [0, 0.05) is 6.61 Å². The maximum Gasteiger partial charge on any atom is 0.0697 e. The van der Waals surface area contributed by atoms with Gasteiger partial charge in [-0.3, -0.25) is 0 Å². The fourth-order valence-corrected chi connectivity index (χ4v) is 3.44. The summed E-state index contributed by atoms with van der Waals surface area (Å²) in [7, 11) is 0. The lowest BCUT2D eigenvalue weighted by Gasteiger charge is -2.39. The molecule has 0 amide bonds. The predicted molar refractivity (Wildman–Crippen MR) is 72.1 cm³/mol. The van der Waals surface area contributed by atoms with Crippen molar-refractivity contribution in [3.63, 3.8) is 0 Å². The number of rotatable bonds is 8. The van der Waals surface area contributed by atoms with Crippen LogP contribution < -0.4 is 0 Å². The Morgan fingerprint density at radius 3 is 2.41 bits per heavy atom. The number of ether oxygens (including phenoxy) is 1. The molecule has 0 aromatic rings. The van der Waals surface area contributed by atoms with Crippen LogP contribution >= 0.6 is 0 Å². The fraction of sp³-hybridized carbons (Fsp3) is 1.00. The molecular formula is C15H30O2. The first-order valence-corrected chi connectivity index (χ1v) is 7.37. The van der Waals surface area contributed by atoms with E-state index < -0.39 is 0 Å². The van der Waals surface area contributed by atoms with E-state index in [1.54, 1.807) is 0 Å². The number of hydrogen-bond donors (Lipinski definition) is 1. The van der Waals surface area contributed by atoms with E-state index in [9.17, 15) is 0 Å². The first kappa shape index (κ1) is 15.0. The zero-order valence-electron chi connectivity index (χ0n) is 11.7. The summed E-state index contributed by atoms with van der Waals surface area (Å²) in [6.45, 7) is 6.16. The van der Waals surface area contributed by atoms with Gasteiger partial charge in [-0.2, -0.15) is 0 Å². The van der Waals surface area contributed by atoms with Gasteiger partial charge < -0.3 is 9.84 Å². The molecular weight excluding hydrogens is 212 g/mol. The van der Waals surface area contributed by atoms with Gasteiger partial charge in [0.2, 0.25) is 0 Å². The molecule has 1 rings (SSSR count). The van der Waals surface area contributed by atoms with Crippen molar-refractivity contribution in [1.29, 1.82) is 0 Å². The Labute approximate surface area is 107 Å². The van der Waals surface area contributed by atoms with Crippen LogP contribution in [0.3, 0.4) is 0 Å². The Bertz CT molecular complexity index is 183. The first-order valence-electron chi connectivity index (χ1n) is 7.37. The highest BCUT2D eigenvalue weighted by atomic mass is 16.5. The van der Waals surface area contributed by atoms with E-state index in [1.165, 1.54) is 44.9 Å². The largest absolute Gasteiger partial charge is 0.394 e. The third-order valence-electron chi connectivity index (χ3n) is 3.99. The van der Waals surface area contributed by atoms with E-state index >= 15 is 0 Å². The minimum atomic E-state index is 0.150. The molecule has 0 unspecified atom stereocenters. The van der Waals surface area contributed by atoms with Crippen molar-refractivity contribution in [3.05, 3.63) is 0 Å². The van der Waals surface area contributed by atoms with Gasteiger partial charge in [-0.25, -0.2) is 0 Å². The molecule has 1 aliphatic rings. The maximum absolute atomic E-state index is 8.66. The second-order valence-corrected chi connectivity index (χ2v) is 6.10. The molecule has 1 N–H and O–H groups in total. The lowest BCUT2D eigenvalue weighted by molar-refractivity contribution is 0.0700. The van der Waals surface area contributed by atoms with Crippen molar-refractivity contribution in [2.75, 3.05) is 19.8 Å². The summed E-state index contributed by atoms with van der Waals surface area (Å²) >= 11 is 0. The van der Waals surface area contributed by atoms with Crippen LogP contribution in [0.5, 0.6) is 0 Å². The molecule has 0 aromatic heterocycles. The van der Waals surface area contributed by atoms with E-state index in [0.29, 0.717) is 12.0 Å². The monoisotopic (exact) mass is 242 g/mol. The van der Waals surface area contributed by atoms with Crippen LogP contribution in [0, 0.1) is 11.3 Å². The van der Waals surface area contributed by atoms with Gasteiger partial charge in [-0.1, -0.05) is 33.1 Å². The number of hydrogen-bond acceptors (Lipinski definition) is 2. The van der Waals surface area contributed by atoms with Crippen molar-refractivity contribution < 1.29 is 9.84 Å². The smallest absolute Gasteiger partial charge is 0.0697 e. The Hall–Kier alpha value is -0.0800. The summed E-state index contributed by atoms with van der Waals surface area (Å²) in [4.78, 5) is 0. The Morgan fingerprint density at radius 1 is 1.12 bits per heavy atom. The summed E-state index contributed by atoms with van der Waals surface area (Å²) in [5, 5.41) is 8.66. The first-order chi connectivity index (χ1) is 8.18. The third-order valence-corrected chi connectivity index (χ3v) is 3.99. The molecule has 0 spiro atoms. The van der Waals surface area contributed by atoms with Crippen LogP contribution in [0.1, 0.15) is 65.2 Å². The van der Waals surface area contributed by atoms with E-state index in [-0.39, 0.29) is 6.61 Å². The van der Waals surface area contributed by atoms with E-state index in [1.807, 2.05) is 0 Å². The SMILES string of the molecule is CC(C)CC1(CCCOCCO)CCCCC1. The zero-order chi connectivity index (χ0) is 12.6. The van der Waals surface area contributed by atoms with Gasteiger partial charge in [0.05, 0.1) is 13.2 Å². The topological polar surface area (TPSA) is 29.5 Å². The second-order valence-electron chi connectivity index (χ2n) is 6.10. The minimum absolute atomic E-state index is 0.150. The van der Waals surface area contributed by atoms with Crippen LogP contribution in [0.4, 0.5) is 0 Å². The highest BCUT2D eigenvalue weighted by Crippen LogP contribution is 2.44. The molecule has 1 saturated carbocycles. The molecule has 17 heavy (non-hydrogen) atoms. The summed E-state index contributed by atoms with van der Waals surface area (Å²) in [6.07, 6.45) is 11.0. The van der Waals surface area contributed by atoms with E-state index in [4.69, 9.17) is 9.84 Å². The van der Waals surface area contributed by atoms with Crippen molar-refractivity contribution in [2.24, 2.45) is 11.3 Å². The van der Waals surface area contributed by atoms with Crippen LogP contribution in [-0.2, 0) is 4.74 Å². The maximum atomic E-state index is 8.66. The molecule has 0 radical (unpaired) electrons. The number of aliphatic hydroxyl groups is 1. The Morgan fingerprint density at radius 2 is 1.82 bits per heavy atom. The summed E-state index contributed by atoms with van der Waals surface area (Å²) in [6, 6.07) is 0. The van der Waals surface area contributed by atoms with Gasteiger partial charge >= 0.3 is 0 Å².